The molecule has 3 aliphatic rings. The van der Waals surface area contributed by atoms with Crippen LogP contribution in [0.15, 0.2) is 48.8 Å². The number of amides is 2. The van der Waals surface area contributed by atoms with E-state index in [-0.39, 0.29) is 18.1 Å². The third kappa shape index (κ3) is 5.03. The van der Waals surface area contributed by atoms with E-state index in [9.17, 15) is 9.90 Å². The number of anilines is 4. The van der Waals surface area contributed by atoms with Gasteiger partial charge in [-0.05, 0) is 42.8 Å². The first-order valence-corrected chi connectivity index (χ1v) is 12.4. The number of carbonyl (C=O) groups is 1. The van der Waals surface area contributed by atoms with E-state index in [1.807, 2.05) is 24.3 Å². The molecule has 2 bridgehead atoms. The van der Waals surface area contributed by atoms with Gasteiger partial charge in [-0.3, -0.25) is 4.98 Å². The lowest BCUT2D eigenvalue weighted by atomic mass is 10.2. The number of nitrogens with zero attached hydrogens (tertiary/aromatic N) is 6. The van der Waals surface area contributed by atoms with Gasteiger partial charge in [0.1, 0.15) is 0 Å². The van der Waals surface area contributed by atoms with Crippen LogP contribution in [0.3, 0.4) is 0 Å². The first-order chi connectivity index (χ1) is 18.1. The van der Waals surface area contributed by atoms with Gasteiger partial charge in [-0.15, -0.1) is 0 Å². The van der Waals surface area contributed by atoms with Gasteiger partial charge in [0.15, 0.2) is 5.82 Å². The Labute approximate surface area is 213 Å². The van der Waals surface area contributed by atoms with Crippen molar-refractivity contribution in [1.82, 2.24) is 19.9 Å². The monoisotopic (exact) mass is 504 g/mol. The molecule has 3 atom stereocenters. The van der Waals surface area contributed by atoms with Crippen molar-refractivity contribution in [2.45, 2.75) is 24.6 Å². The molecule has 0 radical (unpaired) electrons. The normalized spacial score (nSPS) is 23.1. The summed E-state index contributed by atoms with van der Waals surface area (Å²) in [5, 5.41) is 16.2. The highest BCUT2D eigenvalue weighted by atomic mass is 16.5. The molecule has 2 amide bonds. The smallest absolute Gasteiger partial charge is 0.323 e. The number of urea groups is 1. The molecule has 0 aliphatic carbocycles. The predicted octanol–water partition coefficient (Wildman–Crippen LogP) is 1.75. The molecule has 2 unspecified atom stereocenters. The fraction of sp³-hybridized carbons (Fsp3) is 0.400. The maximum Gasteiger partial charge on any atom is 0.323 e. The summed E-state index contributed by atoms with van der Waals surface area (Å²) in [4.78, 5) is 34.9. The SMILES string of the molecule is O=C(Nc1ccncc1)Nc1ccc(-c2nc(N3CCOCC3)nc(N3C4COCC3[C@@H](O)C4)n2)cc1. The van der Waals surface area contributed by atoms with E-state index >= 15 is 0 Å². The topological polar surface area (TPSA) is 138 Å². The van der Waals surface area contributed by atoms with Gasteiger partial charge in [-0.2, -0.15) is 15.0 Å². The molecule has 1 aromatic carbocycles. The number of nitrogens with one attached hydrogen (secondary N) is 2. The zero-order valence-electron chi connectivity index (χ0n) is 20.2. The quantitative estimate of drug-likeness (QED) is 0.471. The highest BCUT2D eigenvalue weighted by Gasteiger charge is 2.45. The van der Waals surface area contributed by atoms with Crippen molar-refractivity contribution in [3.8, 4) is 11.4 Å². The van der Waals surface area contributed by atoms with E-state index in [4.69, 9.17) is 24.4 Å². The Kier molecular flexibility index (Phi) is 6.51. The summed E-state index contributed by atoms with van der Waals surface area (Å²) in [5.41, 5.74) is 2.08. The first kappa shape index (κ1) is 23.5. The lowest BCUT2D eigenvalue weighted by Gasteiger charge is -2.35. The summed E-state index contributed by atoms with van der Waals surface area (Å²) >= 11 is 0. The zero-order valence-corrected chi connectivity index (χ0v) is 20.2. The van der Waals surface area contributed by atoms with E-state index in [1.54, 1.807) is 24.5 Å². The van der Waals surface area contributed by atoms with Crippen LogP contribution in [0.4, 0.5) is 28.1 Å². The summed E-state index contributed by atoms with van der Waals surface area (Å²) in [5.74, 6) is 1.66. The molecular formula is C25H28N8O4. The molecule has 37 heavy (non-hydrogen) atoms. The number of pyridine rings is 1. The summed E-state index contributed by atoms with van der Waals surface area (Å²) < 4.78 is 11.2. The average molecular weight is 505 g/mol. The van der Waals surface area contributed by atoms with Crippen LogP contribution in [0.5, 0.6) is 0 Å². The number of ether oxygens (including phenoxy) is 2. The number of hydrogen-bond acceptors (Lipinski definition) is 10. The molecule has 192 valence electrons. The number of morpholine rings is 2. The number of aliphatic hydroxyl groups excluding tert-OH is 1. The Morgan fingerprint density at radius 3 is 2.32 bits per heavy atom. The van der Waals surface area contributed by atoms with Crippen LogP contribution in [0.1, 0.15) is 6.42 Å². The second-order valence-corrected chi connectivity index (χ2v) is 9.22. The van der Waals surface area contributed by atoms with Gasteiger partial charge >= 0.3 is 6.03 Å². The van der Waals surface area contributed by atoms with Crippen molar-refractivity contribution in [3.05, 3.63) is 48.8 Å². The Balaban J connectivity index is 1.26. The fourth-order valence-corrected chi connectivity index (χ4v) is 4.92. The van der Waals surface area contributed by atoms with Gasteiger partial charge in [0.05, 0.1) is 44.6 Å². The maximum atomic E-state index is 12.3. The molecule has 3 fully saturated rings. The number of aromatic nitrogens is 4. The number of rotatable bonds is 5. The number of aliphatic hydroxyl groups is 1. The summed E-state index contributed by atoms with van der Waals surface area (Å²) in [6.45, 7) is 3.57. The van der Waals surface area contributed by atoms with Gasteiger partial charge < -0.3 is 35.0 Å². The third-order valence-corrected chi connectivity index (χ3v) is 6.78. The molecule has 3 aliphatic heterocycles. The fourth-order valence-electron chi connectivity index (χ4n) is 4.92. The molecule has 3 saturated heterocycles. The molecule has 0 spiro atoms. The summed E-state index contributed by atoms with van der Waals surface area (Å²) in [6, 6.07) is 10.3. The molecule has 3 aromatic rings. The van der Waals surface area contributed by atoms with Crippen LogP contribution in [0.2, 0.25) is 0 Å². The van der Waals surface area contributed by atoms with Gasteiger partial charge in [0.25, 0.3) is 0 Å². The first-order valence-electron chi connectivity index (χ1n) is 12.4. The molecule has 0 saturated carbocycles. The van der Waals surface area contributed by atoms with Crippen molar-refractivity contribution in [2.75, 3.05) is 60.0 Å². The van der Waals surface area contributed by atoms with E-state index in [2.05, 4.69) is 25.4 Å². The van der Waals surface area contributed by atoms with Crippen molar-refractivity contribution in [2.24, 2.45) is 0 Å². The van der Waals surface area contributed by atoms with E-state index in [0.29, 0.717) is 75.0 Å². The Morgan fingerprint density at radius 1 is 0.892 bits per heavy atom. The van der Waals surface area contributed by atoms with E-state index in [1.165, 1.54) is 0 Å². The third-order valence-electron chi connectivity index (χ3n) is 6.78. The lowest BCUT2D eigenvalue weighted by molar-refractivity contribution is 0.0694. The molecule has 2 aromatic heterocycles. The van der Waals surface area contributed by atoms with Crippen molar-refractivity contribution in [3.63, 3.8) is 0 Å². The predicted molar refractivity (Wildman–Crippen MR) is 137 cm³/mol. The van der Waals surface area contributed by atoms with Crippen LogP contribution in [0.25, 0.3) is 11.4 Å². The number of hydrogen-bond donors (Lipinski definition) is 3. The molecular weight excluding hydrogens is 476 g/mol. The molecule has 6 rings (SSSR count). The second-order valence-electron chi connectivity index (χ2n) is 9.22. The van der Waals surface area contributed by atoms with Crippen LogP contribution in [0, 0.1) is 0 Å². The number of fused-ring (bicyclic) bond motifs is 2. The van der Waals surface area contributed by atoms with Crippen molar-refractivity contribution >= 4 is 29.3 Å². The van der Waals surface area contributed by atoms with Gasteiger partial charge in [-0.1, -0.05) is 0 Å². The minimum Gasteiger partial charge on any atom is -0.391 e. The Bertz CT molecular complexity index is 1240. The molecule has 12 nitrogen and oxygen atoms in total. The highest BCUT2D eigenvalue weighted by molar-refractivity contribution is 5.99. The van der Waals surface area contributed by atoms with Crippen molar-refractivity contribution < 1.29 is 19.4 Å². The van der Waals surface area contributed by atoms with Gasteiger partial charge in [0, 0.05) is 42.4 Å². The number of benzene rings is 1. The highest BCUT2D eigenvalue weighted by Crippen LogP contribution is 2.34. The second kappa shape index (κ2) is 10.2. The van der Waals surface area contributed by atoms with Gasteiger partial charge in [-0.25, -0.2) is 4.79 Å². The van der Waals surface area contributed by atoms with E-state index < -0.39 is 6.10 Å². The Morgan fingerprint density at radius 2 is 1.59 bits per heavy atom. The summed E-state index contributed by atoms with van der Waals surface area (Å²) in [7, 11) is 0. The Hall–Kier alpha value is -3.87. The largest absolute Gasteiger partial charge is 0.391 e. The minimum absolute atomic E-state index is 0.0204. The van der Waals surface area contributed by atoms with Crippen LogP contribution in [-0.2, 0) is 9.47 Å². The summed E-state index contributed by atoms with van der Waals surface area (Å²) in [6.07, 6.45) is 3.37. The minimum atomic E-state index is -0.483. The maximum absolute atomic E-state index is 12.3. The molecule has 5 heterocycles. The van der Waals surface area contributed by atoms with E-state index in [0.717, 1.165) is 5.56 Å². The average Bonchev–Trinajstić information content (AvgIpc) is 3.12. The number of carbonyl (C=O) groups excluding carboxylic acids is 1. The lowest BCUT2D eigenvalue weighted by Crippen LogP contribution is -2.49. The van der Waals surface area contributed by atoms with Crippen LogP contribution in [-0.4, -0.2) is 88.8 Å². The van der Waals surface area contributed by atoms with Gasteiger partial charge in [0.2, 0.25) is 11.9 Å². The van der Waals surface area contributed by atoms with Crippen molar-refractivity contribution in [1.29, 1.82) is 0 Å². The van der Waals surface area contributed by atoms with Crippen LogP contribution >= 0.6 is 0 Å². The molecule has 12 heteroatoms. The molecule has 3 N–H and O–H groups in total. The van der Waals surface area contributed by atoms with Crippen LogP contribution < -0.4 is 20.4 Å². The zero-order chi connectivity index (χ0) is 25.2. The standard InChI is InChI=1S/C25H28N8O4/c34-21-13-19-14-37-15-20(21)33(19)24-30-22(29-23(31-24)32-9-11-36-12-10-32)16-1-3-17(4-2-16)27-25(35)28-18-5-7-26-8-6-18/h1-8,19-21,34H,9-15H2,(H2,26,27,28,35)/t19?,20?,21-/m0/s1.